The summed E-state index contributed by atoms with van der Waals surface area (Å²) in [6, 6.07) is 12.9. The van der Waals surface area contributed by atoms with Gasteiger partial charge in [0, 0.05) is 53.6 Å². The van der Waals surface area contributed by atoms with Gasteiger partial charge in [0.05, 0.1) is 18.1 Å². The summed E-state index contributed by atoms with van der Waals surface area (Å²) in [5, 5.41) is 7.41. The van der Waals surface area contributed by atoms with Gasteiger partial charge in [-0.3, -0.25) is 14.2 Å². The number of fused-ring (bicyclic) bond motifs is 1. The third kappa shape index (κ3) is 5.78. The first kappa shape index (κ1) is 32.9. The molecule has 2 aliphatic rings. The maximum Gasteiger partial charge on any atom is 0.261 e. The number of nitrogens with one attached hydrogen (secondary N) is 1. The number of aryl methyl sites for hydroxylation is 1. The Morgan fingerprint density at radius 2 is 1.73 bits per heavy atom. The number of halogens is 2. The summed E-state index contributed by atoms with van der Waals surface area (Å²) in [6.45, 7) is 4.23. The minimum Gasteiger partial charge on any atom is -0.310 e. The van der Waals surface area contributed by atoms with Crippen molar-refractivity contribution in [2.75, 3.05) is 16.8 Å². The smallest absolute Gasteiger partial charge is 0.261 e. The van der Waals surface area contributed by atoms with Crippen LogP contribution in [0.5, 0.6) is 0 Å². The highest BCUT2D eigenvalue weighted by molar-refractivity contribution is 7.89. The number of hydrogen-bond acceptors (Lipinski definition) is 8. The molecule has 13 nitrogen and oxygen atoms in total. The molecule has 0 radical (unpaired) electrons. The minimum absolute atomic E-state index is 0.0921. The zero-order valence-corrected chi connectivity index (χ0v) is 28.8. The number of amides is 2. The number of carbonyl (C=O) groups is 2. The number of rotatable bonds is 9. The molecule has 5 aromatic rings. The van der Waals surface area contributed by atoms with Crippen LogP contribution >= 0.6 is 23.2 Å². The summed E-state index contributed by atoms with van der Waals surface area (Å²) in [7, 11) is -4.36. The average molecular weight is 721 g/mol. The molecule has 7 rings (SSSR count). The molecule has 0 saturated carbocycles. The van der Waals surface area contributed by atoms with Crippen LogP contribution in [-0.4, -0.2) is 66.4 Å². The van der Waals surface area contributed by atoms with Crippen LogP contribution in [0.2, 0.25) is 10.0 Å². The molecule has 0 aliphatic carbocycles. The highest BCUT2D eigenvalue weighted by Gasteiger charge is 2.53. The molecular formula is C33H31Cl2N9O4S. The number of hydrogen-bond donors (Lipinski definition) is 1. The van der Waals surface area contributed by atoms with Crippen LogP contribution in [0.15, 0.2) is 84.7 Å². The first-order valence-electron chi connectivity index (χ1n) is 15.6. The van der Waals surface area contributed by atoms with Gasteiger partial charge in [-0.05, 0) is 56.0 Å². The number of nitrogens with zero attached hydrogens (tertiary/aromatic N) is 8. The monoisotopic (exact) mass is 719 g/mol. The Morgan fingerprint density at radius 1 is 1.02 bits per heavy atom. The molecule has 1 saturated heterocycles. The average Bonchev–Trinajstić information content (AvgIpc) is 3.88. The van der Waals surface area contributed by atoms with Gasteiger partial charge in [-0.2, -0.15) is 9.40 Å². The number of imidazole rings is 1. The molecule has 0 bridgehead atoms. The van der Waals surface area contributed by atoms with Gasteiger partial charge >= 0.3 is 0 Å². The Balaban J connectivity index is 1.29. The molecule has 252 valence electrons. The van der Waals surface area contributed by atoms with Gasteiger partial charge in [0.25, 0.3) is 15.9 Å². The van der Waals surface area contributed by atoms with E-state index >= 15 is 0 Å². The third-order valence-electron chi connectivity index (χ3n) is 8.92. The molecule has 1 N–H and O–H groups in total. The molecule has 16 heteroatoms. The van der Waals surface area contributed by atoms with Crippen molar-refractivity contribution in [2.45, 2.75) is 56.3 Å². The molecule has 3 aromatic heterocycles. The van der Waals surface area contributed by atoms with Crippen LogP contribution < -0.4 is 10.2 Å². The summed E-state index contributed by atoms with van der Waals surface area (Å²) in [6.07, 6.45) is 8.61. The molecule has 2 unspecified atom stereocenters. The van der Waals surface area contributed by atoms with E-state index in [2.05, 4.69) is 25.4 Å². The Hall–Kier alpha value is -4.63. The van der Waals surface area contributed by atoms with Crippen molar-refractivity contribution in [3.8, 4) is 11.1 Å². The van der Waals surface area contributed by atoms with E-state index < -0.39 is 33.4 Å². The lowest BCUT2D eigenvalue weighted by atomic mass is 9.91. The highest BCUT2D eigenvalue weighted by atomic mass is 35.5. The number of sulfonamides is 1. The van der Waals surface area contributed by atoms with Crippen LogP contribution in [0.1, 0.15) is 32.3 Å². The molecular weight excluding hydrogens is 689 g/mol. The largest absolute Gasteiger partial charge is 0.310 e. The predicted octanol–water partition coefficient (Wildman–Crippen LogP) is 5.29. The van der Waals surface area contributed by atoms with E-state index in [0.29, 0.717) is 40.9 Å². The second-order valence-corrected chi connectivity index (χ2v) is 14.8. The summed E-state index contributed by atoms with van der Waals surface area (Å²) < 4.78 is 33.4. The maximum atomic E-state index is 14.6. The normalized spacial score (nSPS) is 19.4. The molecule has 2 amide bonds. The standard InChI is InChI=1S/C33H31Cl2N9O4S/c1-3-41-28(10-11-39-41)40-30(45)27-5-4-12-42(27)49(47,48)29-19-38-32-43(26-14-24(34)13-25(35)15-26)31(46)33(2,44(29)32)16-21-6-8-22(9-7-21)23-17-36-20-37-18-23/h6-11,13-15,17-20,27H,3-5,12,16H2,1-2H3,(H,40,45). The van der Waals surface area contributed by atoms with Crippen molar-refractivity contribution in [3.05, 3.63) is 95.3 Å². The van der Waals surface area contributed by atoms with Gasteiger partial charge in [0.2, 0.25) is 11.9 Å². The lowest BCUT2D eigenvalue weighted by molar-refractivity contribution is -0.124. The fraction of sp³-hybridized carbons (Fsp3) is 0.273. The first-order chi connectivity index (χ1) is 23.5. The van der Waals surface area contributed by atoms with Crippen LogP contribution in [0, 0.1) is 0 Å². The summed E-state index contributed by atoms with van der Waals surface area (Å²) >= 11 is 12.7. The van der Waals surface area contributed by atoms with Gasteiger partial charge < -0.3 is 5.32 Å². The van der Waals surface area contributed by atoms with E-state index in [9.17, 15) is 18.0 Å². The molecule has 5 heterocycles. The van der Waals surface area contributed by atoms with Gasteiger partial charge in [-0.1, -0.05) is 47.5 Å². The van der Waals surface area contributed by atoms with Crippen molar-refractivity contribution in [1.82, 2.24) is 33.6 Å². The minimum atomic E-state index is -4.36. The van der Waals surface area contributed by atoms with Gasteiger partial charge in [-0.25, -0.2) is 33.0 Å². The van der Waals surface area contributed by atoms with Crippen molar-refractivity contribution in [3.63, 3.8) is 0 Å². The second kappa shape index (κ2) is 12.7. The van der Waals surface area contributed by atoms with Gasteiger partial charge in [-0.15, -0.1) is 0 Å². The lowest BCUT2D eigenvalue weighted by Crippen LogP contribution is -2.46. The number of benzene rings is 2. The molecule has 2 aromatic carbocycles. The Bertz CT molecular complexity index is 2150. The number of carbonyl (C=O) groups excluding carboxylic acids is 2. The van der Waals surface area contributed by atoms with Crippen molar-refractivity contribution < 1.29 is 18.0 Å². The van der Waals surface area contributed by atoms with Crippen LogP contribution in [0.3, 0.4) is 0 Å². The first-order valence-corrected chi connectivity index (χ1v) is 17.8. The Kier molecular flexibility index (Phi) is 8.51. The predicted molar refractivity (Wildman–Crippen MR) is 184 cm³/mol. The van der Waals surface area contributed by atoms with Crippen LogP contribution in [0.25, 0.3) is 11.1 Å². The van der Waals surface area contributed by atoms with E-state index in [4.69, 9.17) is 23.2 Å². The third-order valence-corrected chi connectivity index (χ3v) is 11.2. The van der Waals surface area contributed by atoms with E-state index in [-0.39, 0.29) is 23.9 Å². The quantitative estimate of drug-likeness (QED) is 0.216. The molecule has 0 spiro atoms. The van der Waals surface area contributed by atoms with E-state index in [1.165, 1.54) is 26.3 Å². The highest BCUT2D eigenvalue weighted by Crippen LogP contribution is 2.45. The fourth-order valence-electron chi connectivity index (χ4n) is 6.58. The Morgan fingerprint density at radius 3 is 2.43 bits per heavy atom. The van der Waals surface area contributed by atoms with Gasteiger partial charge in [0.15, 0.2) is 5.03 Å². The lowest BCUT2D eigenvalue weighted by Gasteiger charge is -2.29. The topological polar surface area (TPSA) is 148 Å². The van der Waals surface area contributed by atoms with Gasteiger partial charge in [0.1, 0.15) is 23.7 Å². The molecule has 49 heavy (non-hydrogen) atoms. The van der Waals surface area contributed by atoms with E-state index in [0.717, 1.165) is 16.7 Å². The summed E-state index contributed by atoms with van der Waals surface area (Å²) in [4.78, 5) is 42.1. The van der Waals surface area contributed by atoms with E-state index in [1.807, 2.05) is 31.2 Å². The van der Waals surface area contributed by atoms with Crippen molar-refractivity contribution >= 4 is 62.5 Å². The molecule has 1 fully saturated rings. The summed E-state index contributed by atoms with van der Waals surface area (Å²) in [5.74, 6) is -0.318. The summed E-state index contributed by atoms with van der Waals surface area (Å²) in [5.41, 5.74) is 1.37. The van der Waals surface area contributed by atoms with Crippen LogP contribution in [-0.2, 0) is 38.1 Å². The van der Waals surface area contributed by atoms with E-state index in [1.54, 1.807) is 54.5 Å². The van der Waals surface area contributed by atoms with Crippen molar-refractivity contribution in [1.29, 1.82) is 0 Å². The molecule has 2 atom stereocenters. The second-order valence-electron chi connectivity index (χ2n) is 12.1. The molecule has 2 aliphatic heterocycles. The fourth-order valence-corrected chi connectivity index (χ4v) is 8.94. The van der Waals surface area contributed by atoms with Crippen LogP contribution in [0.4, 0.5) is 17.5 Å². The number of anilines is 3. The van der Waals surface area contributed by atoms with Crippen molar-refractivity contribution in [2.24, 2.45) is 0 Å². The maximum absolute atomic E-state index is 14.6. The SMILES string of the molecule is CCn1nccc1NC(=O)C1CCCN1S(=O)(=O)c1cnc2n1C(C)(Cc1ccc(-c3cncnc3)cc1)C(=O)N2c1cc(Cl)cc(Cl)c1. The number of aromatic nitrogens is 6. The zero-order chi connectivity index (χ0) is 34.5. The zero-order valence-electron chi connectivity index (χ0n) is 26.5. The Labute approximate surface area is 292 Å².